The van der Waals surface area contributed by atoms with Crippen LogP contribution in [-0.2, 0) is 14.3 Å². The maximum absolute atomic E-state index is 13.3. The summed E-state index contributed by atoms with van der Waals surface area (Å²) < 4.78 is 31.7. The molecule has 2 saturated heterocycles. The molecule has 10 heteroatoms. The number of benzene rings is 1. The van der Waals surface area contributed by atoms with Crippen LogP contribution in [-0.4, -0.2) is 77.3 Å². The number of carbonyl (C=O) groups excluding carboxylic acids is 2. The highest BCUT2D eigenvalue weighted by Gasteiger charge is 2.40. The van der Waals surface area contributed by atoms with Crippen LogP contribution in [0.2, 0.25) is 0 Å². The number of carboxylic acids is 1. The summed E-state index contributed by atoms with van der Waals surface area (Å²) in [5.74, 6) is -5.49. The first kappa shape index (κ1) is 20.2. The lowest BCUT2D eigenvalue weighted by Gasteiger charge is -2.34. The number of carbonyl (C=O) groups is 3. The molecular formula is C18H20F2N2O6. The number of ether oxygens (including phenoxy) is 1. The van der Waals surface area contributed by atoms with Gasteiger partial charge in [0, 0.05) is 43.7 Å². The smallest absolute Gasteiger partial charge is 0.335 e. The molecule has 1 aromatic rings. The number of nitrogens with zero attached hydrogens (tertiary/aromatic N) is 2. The van der Waals surface area contributed by atoms with Crippen molar-refractivity contribution >= 4 is 23.5 Å². The molecule has 1 aromatic carbocycles. The molecule has 0 saturated carbocycles. The van der Waals surface area contributed by atoms with Gasteiger partial charge in [-0.15, -0.1) is 0 Å². The monoisotopic (exact) mass is 398 g/mol. The third-order valence-corrected chi connectivity index (χ3v) is 4.85. The molecule has 0 radical (unpaired) electrons. The van der Waals surface area contributed by atoms with Gasteiger partial charge in [0.25, 0.3) is 17.7 Å². The molecule has 2 fully saturated rings. The van der Waals surface area contributed by atoms with Crippen molar-refractivity contribution in [1.82, 2.24) is 4.90 Å². The van der Waals surface area contributed by atoms with E-state index in [0.29, 0.717) is 5.69 Å². The minimum absolute atomic E-state index is 0.0140. The summed E-state index contributed by atoms with van der Waals surface area (Å²) >= 11 is 0. The molecule has 2 amide bonds. The van der Waals surface area contributed by atoms with Crippen molar-refractivity contribution in [2.75, 3.05) is 31.1 Å². The van der Waals surface area contributed by atoms with E-state index in [0.717, 1.165) is 0 Å². The molecule has 2 N–H and O–H groups in total. The fourth-order valence-corrected chi connectivity index (χ4v) is 3.24. The highest BCUT2D eigenvalue weighted by molar-refractivity contribution is 6.01. The van der Waals surface area contributed by atoms with Crippen LogP contribution in [0.1, 0.15) is 23.2 Å². The third-order valence-electron chi connectivity index (χ3n) is 4.85. The molecule has 28 heavy (non-hydrogen) atoms. The normalized spacial score (nSPS) is 23.4. The lowest BCUT2D eigenvalue weighted by Crippen LogP contribution is -2.54. The van der Waals surface area contributed by atoms with Crippen molar-refractivity contribution in [2.24, 2.45) is 0 Å². The largest absolute Gasteiger partial charge is 0.479 e. The van der Waals surface area contributed by atoms with Gasteiger partial charge in [-0.3, -0.25) is 9.59 Å². The molecule has 0 unspecified atom stereocenters. The van der Waals surface area contributed by atoms with E-state index in [4.69, 9.17) is 9.84 Å². The zero-order valence-electron chi connectivity index (χ0n) is 14.9. The van der Waals surface area contributed by atoms with E-state index < -0.39 is 48.8 Å². The molecule has 152 valence electrons. The maximum atomic E-state index is 13.3. The number of aliphatic carboxylic acids is 1. The van der Waals surface area contributed by atoms with Crippen LogP contribution < -0.4 is 4.90 Å². The summed E-state index contributed by atoms with van der Waals surface area (Å²) in [6, 6.07) is 6.08. The van der Waals surface area contributed by atoms with Gasteiger partial charge in [-0.25, -0.2) is 13.6 Å². The van der Waals surface area contributed by atoms with Gasteiger partial charge >= 0.3 is 5.97 Å². The maximum Gasteiger partial charge on any atom is 0.335 e. The number of likely N-dealkylation sites (tertiary alicyclic amines) is 1. The van der Waals surface area contributed by atoms with Gasteiger partial charge < -0.3 is 24.7 Å². The number of halogens is 2. The van der Waals surface area contributed by atoms with Crippen LogP contribution in [0, 0.1) is 0 Å². The molecule has 2 aliphatic heterocycles. The Kier molecular flexibility index (Phi) is 5.61. The number of hydrogen-bond acceptors (Lipinski definition) is 5. The first-order valence-corrected chi connectivity index (χ1v) is 8.81. The first-order chi connectivity index (χ1) is 13.2. The lowest BCUT2D eigenvalue weighted by atomic mass is 10.0. The third kappa shape index (κ3) is 4.12. The number of alkyl halides is 2. The Morgan fingerprint density at radius 2 is 1.89 bits per heavy atom. The Morgan fingerprint density at radius 1 is 1.21 bits per heavy atom. The Labute approximate surface area is 159 Å². The van der Waals surface area contributed by atoms with E-state index in [2.05, 4.69) is 0 Å². The fourth-order valence-electron chi connectivity index (χ4n) is 3.24. The van der Waals surface area contributed by atoms with Crippen molar-refractivity contribution in [1.29, 1.82) is 0 Å². The van der Waals surface area contributed by atoms with E-state index in [1.807, 2.05) is 0 Å². The molecule has 0 aliphatic carbocycles. The van der Waals surface area contributed by atoms with E-state index >= 15 is 0 Å². The summed E-state index contributed by atoms with van der Waals surface area (Å²) in [5, 5.41) is 18.6. The Morgan fingerprint density at radius 3 is 2.54 bits per heavy atom. The van der Waals surface area contributed by atoms with E-state index in [1.54, 1.807) is 12.1 Å². The number of aliphatic hydroxyl groups is 1. The lowest BCUT2D eigenvalue weighted by molar-refractivity contribution is -0.163. The molecule has 2 aliphatic rings. The number of aliphatic hydroxyl groups excluding tert-OH is 1. The molecule has 3 rings (SSSR count). The average molecular weight is 398 g/mol. The molecule has 8 nitrogen and oxygen atoms in total. The summed E-state index contributed by atoms with van der Waals surface area (Å²) in [7, 11) is 0. The van der Waals surface area contributed by atoms with E-state index in [9.17, 15) is 28.3 Å². The van der Waals surface area contributed by atoms with Crippen LogP contribution in [0.5, 0.6) is 0 Å². The Balaban J connectivity index is 1.76. The number of piperidine rings is 1. The number of carboxylic acid groups (broad SMARTS) is 1. The highest BCUT2D eigenvalue weighted by atomic mass is 19.3. The predicted octanol–water partition coefficient (Wildman–Crippen LogP) is 0.735. The van der Waals surface area contributed by atoms with E-state index in [-0.39, 0.29) is 31.8 Å². The van der Waals surface area contributed by atoms with E-state index in [1.165, 1.54) is 21.9 Å². The van der Waals surface area contributed by atoms with Crippen LogP contribution in [0.4, 0.5) is 14.5 Å². The second kappa shape index (κ2) is 7.80. The Hall–Kier alpha value is -2.59. The van der Waals surface area contributed by atoms with Crippen LogP contribution in [0.3, 0.4) is 0 Å². The fraction of sp³-hybridized carbons (Fsp3) is 0.500. The Bertz CT molecular complexity index is 777. The molecular weight excluding hydrogens is 378 g/mol. The summed E-state index contributed by atoms with van der Waals surface area (Å²) in [6.07, 6.45) is -4.34. The molecule has 2 atom stereocenters. The predicted molar refractivity (Wildman–Crippen MR) is 92.3 cm³/mol. The summed E-state index contributed by atoms with van der Waals surface area (Å²) in [5.41, 5.74) is 0.571. The second-order valence-electron chi connectivity index (χ2n) is 6.76. The van der Waals surface area contributed by atoms with Crippen molar-refractivity contribution in [3.63, 3.8) is 0 Å². The molecule has 2 heterocycles. The van der Waals surface area contributed by atoms with Gasteiger partial charge in [-0.1, -0.05) is 6.07 Å². The van der Waals surface area contributed by atoms with Gasteiger partial charge in [0.05, 0.1) is 6.61 Å². The number of hydrogen-bond donors (Lipinski definition) is 2. The minimum Gasteiger partial charge on any atom is -0.479 e. The zero-order chi connectivity index (χ0) is 20.5. The average Bonchev–Trinajstić information content (AvgIpc) is 2.67. The zero-order valence-corrected chi connectivity index (χ0v) is 14.9. The van der Waals surface area contributed by atoms with Crippen LogP contribution in [0.25, 0.3) is 0 Å². The van der Waals surface area contributed by atoms with Crippen molar-refractivity contribution in [3.05, 3.63) is 29.8 Å². The number of morpholine rings is 1. The SMILES string of the molecule is O=C(O)[C@H](O)[C@H]1OCCN(c2cccc(C(=O)N3CCC(F)(F)CC3)c2)C1=O. The number of anilines is 1. The standard InChI is InChI=1S/C18H20F2N2O6/c19-18(20)4-6-21(7-5-18)15(24)11-2-1-3-12(10-11)22-8-9-28-14(16(22)25)13(23)17(26)27/h1-3,10,13-14,23H,4-9H2,(H,26,27)/t13-,14-/m1/s1. The molecule has 0 bridgehead atoms. The summed E-state index contributed by atoms with van der Waals surface area (Å²) in [4.78, 5) is 38.7. The summed E-state index contributed by atoms with van der Waals surface area (Å²) in [6.45, 7) is 0.0221. The quantitative estimate of drug-likeness (QED) is 0.775. The number of rotatable bonds is 4. The minimum atomic E-state index is -2.77. The van der Waals surface area contributed by atoms with Crippen LogP contribution >= 0.6 is 0 Å². The van der Waals surface area contributed by atoms with Gasteiger partial charge in [-0.05, 0) is 18.2 Å². The van der Waals surface area contributed by atoms with Gasteiger partial charge in [0.1, 0.15) is 0 Å². The first-order valence-electron chi connectivity index (χ1n) is 8.81. The van der Waals surface area contributed by atoms with Crippen molar-refractivity contribution in [3.8, 4) is 0 Å². The van der Waals surface area contributed by atoms with Crippen molar-refractivity contribution in [2.45, 2.75) is 31.0 Å². The number of amides is 2. The second-order valence-corrected chi connectivity index (χ2v) is 6.76. The van der Waals surface area contributed by atoms with Gasteiger partial charge in [-0.2, -0.15) is 0 Å². The van der Waals surface area contributed by atoms with Gasteiger partial charge in [0.2, 0.25) is 0 Å². The molecule has 0 spiro atoms. The molecule has 0 aromatic heterocycles. The highest BCUT2D eigenvalue weighted by Crippen LogP contribution is 2.29. The van der Waals surface area contributed by atoms with Gasteiger partial charge in [0.15, 0.2) is 12.2 Å². The van der Waals surface area contributed by atoms with Crippen LogP contribution in [0.15, 0.2) is 24.3 Å². The topological polar surface area (TPSA) is 107 Å². The van der Waals surface area contributed by atoms with Crippen molar-refractivity contribution < 1.29 is 38.1 Å².